The lowest BCUT2D eigenvalue weighted by atomic mass is 10.2. The zero-order chi connectivity index (χ0) is 20.5. The van der Waals surface area contributed by atoms with Crippen LogP contribution < -0.4 is 5.32 Å². The van der Waals surface area contributed by atoms with E-state index in [1.54, 1.807) is 24.3 Å². The molecule has 2 heterocycles. The summed E-state index contributed by atoms with van der Waals surface area (Å²) in [6, 6.07) is 14.8. The fourth-order valence-corrected chi connectivity index (χ4v) is 4.02. The first kappa shape index (κ1) is 19.0. The van der Waals surface area contributed by atoms with Gasteiger partial charge in [-0.05, 0) is 91.8 Å². The Kier molecular flexibility index (Phi) is 4.98. The van der Waals surface area contributed by atoms with Crippen LogP contribution in [0.2, 0.25) is 0 Å². The molecule has 1 aromatic heterocycles. The van der Waals surface area contributed by atoms with Crippen LogP contribution in [0.3, 0.4) is 0 Å². The lowest BCUT2D eigenvalue weighted by Gasteiger charge is -2.09. The highest BCUT2D eigenvalue weighted by molar-refractivity contribution is 8.18. The topological polar surface area (TPSA) is 66.6 Å². The number of amidine groups is 1. The Bertz CT molecular complexity index is 1150. The summed E-state index contributed by atoms with van der Waals surface area (Å²) in [5, 5.41) is 12.7. The van der Waals surface area contributed by atoms with E-state index in [9.17, 15) is 14.3 Å². The molecule has 0 bridgehead atoms. The van der Waals surface area contributed by atoms with Crippen LogP contribution in [-0.2, 0) is 4.79 Å². The van der Waals surface area contributed by atoms with E-state index in [0.717, 1.165) is 22.6 Å². The van der Waals surface area contributed by atoms with Gasteiger partial charge in [-0.15, -0.1) is 0 Å². The molecule has 1 fully saturated rings. The van der Waals surface area contributed by atoms with E-state index in [0.29, 0.717) is 15.8 Å². The minimum atomic E-state index is -0.332. The number of nitrogens with zero attached hydrogens (tertiary/aromatic N) is 2. The second-order valence-corrected chi connectivity index (χ2v) is 7.67. The Morgan fingerprint density at radius 3 is 2.48 bits per heavy atom. The number of phenolic OH excluding ortho intramolecular Hbond substituents is 1. The van der Waals surface area contributed by atoms with Crippen LogP contribution in [0.15, 0.2) is 64.5 Å². The van der Waals surface area contributed by atoms with Crippen LogP contribution in [0.4, 0.5) is 10.1 Å². The van der Waals surface area contributed by atoms with E-state index in [-0.39, 0.29) is 17.5 Å². The lowest BCUT2D eigenvalue weighted by molar-refractivity contribution is -0.115. The molecule has 2 N–H and O–H groups in total. The molecule has 1 aliphatic rings. The van der Waals surface area contributed by atoms with Crippen LogP contribution in [0.1, 0.15) is 17.0 Å². The highest BCUT2D eigenvalue weighted by Gasteiger charge is 2.24. The van der Waals surface area contributed by atoms with E-state index in [4.69, 9.17) is 0 Å². The predicted octanol–water partition coefficient (Wildman–Crippen LogP) is 4.83. The highest BCUT2D eigenvalue weighted by atomic mass is 32.2. The maximum atomic E-state index is 13.0. The van der Waals surface area contributed by atoms with Crippen LogP contribution >= 0.6 is 11.8 Å². The number of amides is 1. The number of aliphatic imine (C=N–C) groups is 1. The molecule has 0 aliphatic carbocycles. The Hall–Kier alpha value is -3.32. The first-order valence-electron chi connectivity index (χ1n) is 8.94. The summed E-state index contributed by atoms with van der Waals surface area (Å²) in [6.07, 6.45) is 1.84. The number of hydrogen-bond donors (Lipinski definition) is 2. The second kappa shape index (κ2) is 7.60. The van der Waals surface area contributed by atoms with Crippen molar-refractivity contribution in [3.05, 3.63) is 82.3 Å². The van der Waals surface area contributed by atoms with Crippen molar-refractivity contribution in [3.8, 4) is 11.4 Å². The molecule has 4 rings (SSSR count). The average Bonchev–Trinajstić information content (AvgIpc) is 3.17. The molecule has 1 aliphatic heterocycles. The molecule has 5 nitrogen and oxygen atoms in total. The molecule has 0 unspecified atom stereocenters. The van der Waals surface area contributed by atoms with Gasteiger partial charge in [0.25, 0.3) is 5.91 Å². The first-order chi connectivity index (χ1) is 13.9. The van der Waals surface area contributed by atoms with Crippen molar-refractivity contribution < 1.29 is 14.3 Å². The van der Waals surface area contributed by atoms with Gasteiger partial charge in [0.1, 0.15) is 11.6 Å². The zero-order valence-corrected chi connectivity index (χ0v) is 16.6. The first-order valence-corrected chi connectivity index (χ1v) is 9.76. The number of carbonyl (C=O) groups excluding carboxylic acids is 1. The Morgan fingerprint density at radius 1 is 1.10 bits per heavy atom. The second-order valence-electron chi connectivity index (χ2n) is 6.64. The highest BCUT2D eigenvalue weighted by Crippen LogP contribution is 2.30. The summed E-state index contributed by atoms with van der Waals surface area (Å²) in [7, 11) is 0. The molecular weight excluding hydrogens is 389 g/mol. The van der Waals surface area contributed by atoms with Gasteiger partial charge in [0.05, 0.1) is 10.6 Å². The fourth-order valence-electron chi connectivity index (χ4n) is 3.19. The van der Waals surface area contributed by atoms with Crippen molar-refractivity contribution in [1.82, 2.24) is 9.88 Å². The molecule has 3 aromatic rings. The Balaban J connectivity index is 1.63. The third-order valence-electron chi connectivity index (χ3n) is 4.57. The number of rotatable bonds is 3. The van der Waals surface area contributed by atoms with Gasteiger partial charge in [-0.2, -0.15) is 0 Å². The van der Waals surface area contributed by atoms with E-state index < -0.39 is 0 Å². The molecule has 0 spiro atoms. The van der Waals surface area contributed by atoms with Gasteiger partial charge in [-0.25, -0.2) is 9.38 Å². The minimum absolute atomic E-state index is 0.213. The molecule has 7 heteroatoms. The number of aryl methyl sites for hydroxylation is 1. The molecule has 2 aromatic carbocycles. The summed E-state index contributed by atoms with van der Waals surface area (Å²) < 4.78 is 15.1. The van der Waals surface area contributed by atoms with Crippen molar-refractivity contribution >= 4 is 34.6 Å². The molecule has 1 amide bonds. The van der Waals surface area contributed by atoms with E-state index in [2.05, 4.69) is 14.9 Å². The summed E-state index contributed by atoms with van der Waals surface area (Å²) in [6.45, 7) is 3.97. The number of carbonyl (C=O) groups is 1. The Labute approximate surface area is 171 Å². The normalized spacial score (nSPS) is 16.6. The number of nitrogens with one attached hydrogen (secondary N) is 1. The van der Waals surface area contributed by atoms with Gasteiger partial charge >= 0.3 is 0 Å². The van der Waals surface area contributed by atoms with Gasteiger partial charge in [0.2, 0.25) is 0 Å². The molecule has 146 valence electrons. The van der Waals surface area contributed by atoms with Crippen LogP contribution in [-0.4, -0.2) is 20.7 Å². The minimum Gasteiger partial charge on any atom is -0.508 e. The van der Waals surface area contributed by atoms with Crippen molar-refractivity contribution in [2.24, 2.45) is 4.99 Å². The molecule has 0 radical (unpaired) electrons. The summed E-state index contributed by atoms with van der Waals surface area (Å²) in [5.41, 5.74) is 4.43. The summed E-state index contributed by atoms with van der Waals surface area (Å²) in [5.74, 6) is -0.336. The van der Waals surface area contributed by atoms with Crippen molar-refractivity contribution in [2.45, 2.75) is 13.8 Å². The van der Waals surface area contributed by atoms with Crippen molar-refractivity contribution in [1.29, 1.82) is 0 Å². The van der Waals surface area contributed by atoms with Crippen molar-refractivity contribution in [2.75, 3.05) is 0 Å². The largest absolute Gasteiger partial charge is 0.508 e. The fraction of sp³-hybridized carbons (Fsp3) is 0.0909. The number of benzene rings is 2. The van der Waals surface area contributed by atoms with Crippen LogP contribution in [0.25, 0.3) is 11.8 Å². The monoisotopic (exact) mass is 407 g/mol. The number of phenols is 1. The van der Waals surface area contributed by atoms with Crippen molar-refractivity contribution in [3.63, 3.8) is 0 Å². The van der Waals surface area contributed by atoms with Gasteiger partial charge in [0.15, 0.2) is 5.17 Å². The third-order valence-corrected chi connectivity index (χ3v) is 5.48. The predicted molar refractivity (Wildman–Crippen MR) is 114 cm³/mol. The average molecular weight is 407 g/mol. The third kappa shape index (κ3) is 3.95. The maximum absolute atomic E-state index is 13.0. The number of aromatic hydroxyl groups is 1. The SMILES string of the molecule is Cc1cc(C=C2SC(=Nc3ccc(F)cc3)NC2=O)c(C)n1-c1ccc(O)cc1. The maximum Gasteiger partial charge on any atom is 0.264 e. The summed E-state index contributed by atoms with van der Waals surface area (Å²) in [4.78, 5) is 17.3. The molecular formula is C22H18FN3O2S. The number of thioether (sulfide) groups is 1. The quantitative estimate of drug-likeness (QED) is 0.611. The van der Waals surface area contributed by atoms with Gasteiger partial charge in [-0.1, -0.05) is 0 Å². The van der Waals surface area contributed by atoms with E-state index in [1.807, 2.05) is 38.1 Å². The van der Waals surface area contributed by atoms with Gasteiger partial charge in [-0.3, -0.25) is 4.79 Å². The zero-order valence-electron chi connectivity index (χ0n) is 15.8. The number of aromatic nitrogens is 1. The molecule has 0 saturated carbocycles. The summed E-state index contributed by atoms with van der Waals surface area (Å²) >= 11 is 1.25. The number of halogens is 1. The van der Waals surface area contributed by atoms with E-state index >= 15 is 0 Å². The molecule has 29 heavy (non-hydrogen) atoms. The standard InChI is InChI=1S/C22H18FN3O2S/c1-13-11-15(14(2)26(13)18-7-9-19(27)10-8-18)12-20-21(28)25-22(29-20)24-17-5-3-16(23)4-6-17/h3-12,27H,1-2H3,(H,24,25,28). The van der Waals surface area contributed by atoms with Gasteiger partial charge < -0.3 is 15.0 Å². The van der Waals surface area contributed by atoms with E-state index in [1.165, 1.54) is 23.9 Å². The Morgan fingerprint density at radius 2 is 1.79 bits per heavy atom. The van der Waals surface area contributed by atoms with Crippen LogP contribution in [0, 0.1) is 19.7 Å². The lowest BCUT2D eigenvalue weighted by Crippen LogP contribution is -2.19. The number of hydrogen-bond acceptors (Lipinski definition) is 4. The van der Waals surface area contributed by atoms with Crippen LogP contribution in [0.5, 0.6) is 5.75 Å². The van der Waals surface area contributed by atoms with Gasteiger partial charge in [0, 0.05) is 17.1 Å². The smallest absolute Gasteiger partial charge is 0.264 e. The molecule has 1 saturated heterocycles. The molecule has 0 atom stereocenters.